The third-order valence-electron chi connectivity index (χ3n) is 17.2. The van der Waals surface area contributed by atoms with Gasteiger partial charge in [0.15, 0.2) is 12.2 Å². The first-order valence-electron chi connectivity index (χ1n) is 37.7. The Hall–Kier alpha value is -1.94. The first kappa shape index (κ1) is 90.1. The molecule has 0 aromatic rings. The number of phosphoric ester groups is 2. The van der Waals surface area contributed by atoms with E-state index >= 15 is 0 Å². The minimum absolute atomic E-state index is 0.104. The van der Waals surface area contributed by atoms with Crippen LogP contribution >= 0.6 is 15.6 Å². The van der Waals surface area contributed by atoms with Gasteiger partial charge in [-0.2, -0.15) is 0 Å². The van der Waals surface area contributed by atoms with Gasteiger partial charge in [-0.1, -0.05) is 312 Å². The fourth-order valence-corrected chi connectivity index (χ4v) is 12.6. The maximum absolute atomic E-state index is 13.1. The molecule has 0 aliphatic rings. The molecule has 0 heterocycles. The summed E-state index contributed by atoms with van der Waals surface area (Å²) >= 11 is 0. The molecule has 546 valence electrons. The Balaban J connectivity index is 5.28. The second-order valence-corrected chi connectivity index (χ2v) is 30.9. The Kier molecular flexibility index (Phi) is 61.3. The van der Waals surface area contributed by atoms with Crippen molar-refractivity contribution in [2.45, 2.75) is 382 Å². The summed E-state index contributed by atoms with van der Waals surface area (Å²) in [4.78, 5) is 72.7. The second-order valence-electron chi connectivity index (χ2n) is 28.0. The van der Waals surface area contributed by atoms with Gasteiger partial charge in [-0.3, -0.25) is 37.3 Å². The normalized spacial score (nSPS) is 14.5. The van der Waals surface area contributed by atoms with E-state index in [1.807, 2.05) is 0 Å². The molecular weight excluding hydrogens is 1210 g/mol. The van der Waals surface area contributed by atoms with Crippen LogP contribution in [0.25, 0.3) is 0 Å². The van der Waals surface area contributed by atoms with Gasteiger partial charge in [-0.25, -0.2) is 9.13 Å². The number of hydrogen-bond acceptors (Lipinski definition) is 15. The molecule has 3 N–H and O–H groups in total. The summed E-state index contributed by atoms with van der Waals surface area (Å²) in [5, 5.41) is 10.6. The largest absolute Gasteiger partial charge is 0.472 e. The molecule has 0 aromatic heterocycles. The van der Waals surface area contributed by atoms with Crippen molar-refractivity contribution >= 4 is 39.5 Å². The van der Waals surface area contributed by atoms with Crippen molar-refractivity contribution in [2.75, 3.05) is 39.6 Å². The highest BCUT2D eigenvalue weighted by atomic mass is 31.2. The van der Waals surface area contributed by atoms with E-state index in [9.17, 15) is 43.2 Å². The van der Waals surface area contributed by atoms with Gasteiger partial charge >= 0.3 is 39.5 Å². The third-order valence-corrected chi connectivity index (χ3v) is 19.1. The molecule has 0 saturated carbocycles. The minimum atomic E-state index is -4.96. The van der Waals surface area contributed by atoms with Crippen molar-refractivity contribution in [2.24, 2.45) is 23.7 Å². The summed E-state index contributed by atoms with van der Waals surface area (Å²) in [5.74, 6) is 0.930. The minimum Gasteiger partial charge on any atom is -0.462 e. The Morgan fingerprint density at radius 3 is 0.772 bits per heavy atom. The summed E-state index contributed by atoms with van der Waals surface area (Å²) in [5.41, 5.74) is 0. The lowest BCUT2D eigenvalue weighted by Crippen LogP contribution is -2.30. The van der Waals surface area contributed by atoms with Gasteiger partial charge in [0, 0.05) is 25.7 Å². The van der Waals surface area contributed by atoms with Crippen LogP contribution in [0.2, 0.25) is 0 Å². The summed E-state index contributed by atoms with van der Waals surface area (Å²) in [6, 6.07) is 0. The summed E-state index contributed by atoms with van der Waals surface area (Å²) < 4.78 is 68.4. The highest BCUT2D eigenvalue weighted by Gasteiger charge is 2.30. The van der Waals surface area contributed by atoms with Crippen molar-refractivity contribution in [3.63, 3.8) is 0 Å². The van der Waals surface area contributed by atoms with Crippen molar-refractivity contribution in [1.82, 2.24) is 0 Å². The molecule has 92 heavy (non-hydrogen) atoms. The predicted molar refractivity (Wildman–Crippen MR) is 372 cm³/mol. The molecule has 0 aliphatic heterocycles. The Labute approximate surface area is 562 Å². The van der Waals surface area contributed by atoms with Crippen LogP contribution in [0, 0.1) is 23.7 Å². The molecule has 0 fully saturated rings. The van der Waals surface area contributed by atoms with E-state index in [1.165, 1.54) is 167 Å². The highest BCUT2D eigenvalue weighted by Crippen LogP contribution is 2.45. The lowest BCUT2D eigenvalue weighted by Gasteiger charge is -2.21. The standard InChI is InChI=1S/C73H142O17P2/c1-9-66(8)52-44-36-28-20-13-14-21-29-37-45-53-70(75)83-59-68(89-72(77)55-47-39-31-22-12-10-11-17-25-33-41-49-63(2)3)61-87-91(79,80)85-57-67(74)58-86-92(81,82)88-62-69(90-73(78)56-48-40-32-24-16-19-27-35-43-51-65(6)7)60-84-71(76)54-46-38-30-23-15-18-26-34-42-50-64(4)5/h63-69,74H,9-62H2,1-8H3,(H,79,80)(H,81,82)/t66?,67-,68-,69-/m1/s1. The third kappa shape index (κ3) is 65.4. The lowest BCUT2D eigenvalue weighted by molar-refractivity contribution is -0.161. The van der Waals surface area contributed by atoms with Crippen LogP contribution in [0.15, 0.2) is 0 Å². The fourth-order valence-electron chi connectivity index (χ4n) is 11.0. The van der Waals surface area contributed by atoms with Gasteiger partial charge < -0.3 is 33.8 Å². The van der Waals surface area contributed by atoms with Crippen LogP contribution in [-0.2, 0) is 65.4 Å². The summed E-state index contributed by atoms with van der Waals surface area (Å²) in [6.07, 6.45) is 45.7. The van der Waals surface area contributed by atoms with Crippen LogP contribution < -0.4 is 0 Å². The van der Waals surface area contributed by atoms with Gasteiger partial charge in [0.05, 0.1) is 26.4 Å². The van der Waals surface area contributed by atoms with Gasteiger partial charge in [0.25, 0.3) is 0 Å². The van der Waals surface area contributed by atoms with E-state index in [-0.39, 0.29) is 25.7 Å². The maximum Gasteiger partial charge on any atom is 0.472 e. The number of aliphatic hydroxyl groups excluding tert-OH is 1. The molecule has 17 nitrogen and oxygen atoms in total. The van der Waals surface area contributed by atoms with Crippen LogP contribution in [0.4, 0.5) is 0 Å². The topological polar surface area (TPSA) is 237 Å². The number of rotatable bonds is 70. The quantitative estimate of drug-likeness (QED) is 0.0222. The molecule has 19 heteroatoms. The average Bonchev–Trinajstić information content (AvgIpc) is 2.69. The molecule has 0 amide bonds. The van der Waals surface area contributed by atoms with Gasteiger partial charge in [-0.15, -0.1) is 0 Å². The van der Waals surface area contributed by atoms with E-state index in [4.69, 9.17) is 37.0 Å². The zero-order chi connectivity index (χ0) is 68.2. The lowest BCUT2D eigenvalue weighted by atomic mass is 9.99. The molecule has 0 spiro atoms. The van der Waals surface area contributed by atoms with Crippen molar-refractivity contribution in [3.05, 3.63) is 0 Å². The molecule has 0 radical (unpaired) electrons. The van der Waals surface area contributed by atoms with Gasteiger partial charge in [-0.05, 0) is 49.4 Å². The van der Waals surface area contributed by atoms with Crippen molar-refractivity contribution in [1.29, 1.82) is 0 Å². The molecule has 6 atom stereocenters. The Morgan fingerprint density at radius 1 is 0.304 bits per heavy atom. The van der Waals surface area contributed by atoms with Crippen molar-refractivity contribution in [3.8, 4) is 0 Å². The van der Waals surface area contributed by atoms with Gasteiger partial charge in [0.1, 0.15) is 19.3 Å². The molecule has 0 aliphatic carbocycles. The number of phosphoric acid groups is 2. The van der Waals surface area contributed by atoms with Crippen LogP contribution in [0.1, 0.15) is 364 Å². The smallest absolute Gasteiger partial charge is 0.462 e. The highest BCUT2D eigenvalue weighted by molar-refractivity contribution is 7.47. The van der Waals surface area contributed by atoms with Crippen LogP contribution in [0.5, 0.6) is 0 Å². The van der Waals surface area contributed by atoms with Crippen molar-refractivity contribution < 1.29 is 80.2 Å². The molecule has 0 aromatic carbocycles. The van der Waals surface area contributed by atoms with Crippen LogP contribution in [0.3, 0.4) is 0 Å². The SMILES string of the molecule is CCC(C)CCCCCCCCCCCCC(=O)OC[C@H](COP(=O)(O)OC[C@@H](O)COP(=O)(O)OC[C@@H](COC(=O)CCCCCCCCCCCC(C)C)OC(=O)CCCCCCCCCCCC(C)C)OC(=O)CCCCCCCCCCCCCC(C)C. The van der Waals surface area contributed by atoms with E-state index in [0.717, 1.165) is 114 Å². The van der Waals surface area contributed by atoms with Gasteiger partial charge in [0.2, 0.25) is 0 Å². The first-order chi connectivity index (χ1) is 44.1. The second kappa shape index (κ2) is 62.6. The molecule has 0 saturated heterocycles. The molecule has 3 unspecified atom stereocenters. The van der Waals surface area contributed by atoms with Crippen LogP contribution in [-0.4, -0.2) is 96.7 Å². The number of aliphatic hydroxyl groups is 1. The Morgan fingerprint density at radius 2 is 0.522 bits per heavy atom. The number of carbonyl (C=O) groups is 4. The maximum atomic E-state index is 13.1. The number of ether oxygens (including phenoxy) is 4. The summed E-state index contributed by atoms with van der Waals surface area (Å²) in [7, 11) is -9.91. The molecule has 0 rings (SSSR count). The van der Waals surface area contributed by atoms with E-state index < -0.39 is 97.5 Å². The number of hydrogen-bond donors (Lipinski definition) is 3. The summed E-state index contributed by atoms with van der Waals surface area (Å²) in [6.45, 7) is 14.2. The number of esters is 4. The first-order valence-corrected chi connectivity index (χ1v) is 40.7. The molecule has 0 bridgehead atoms. The Bertz CT molecular complexity index is 1820. The van der Waals surface area contributed by atoms with E-state index in [1.54, 1.807) is 0 Å². The average molecular weight is 1350 g/mol. The van der Waals surface area contributed by atoms with E-state index in [2.05, 4.69) is 55.4 Å². The fraction of sp³-hybridized carbons (Fsp3) is 0.945. The predicted octanol–water partition coefficient (Wildman–Crippen LogP) is 20.9. The monoisotopic (exact) mass is 1350 g/mol. The zero-order valence-electron chi connectivity index (χ0n) is 60.2. The van der Waals surface area contributed by atoms with E-state index in [0.29, 0.717) is 25.7 Å². The number of carbonyl (C=O) groups excluding carboxylic acids is 4. The zero-order valence-corrected chi connectivity index (χ0v) is 62.0. The number of unbranched alkanes of at least 4 members (excludes halogenated alkanes) is 35. The molecular formula is C73H142O17P2.